The van der Waals surface area contributed by atoms with Gasteiger partial charge in [-0.2, -0.15) is 10.3 Å². The third-order valence-corrected chi connectivity index (χ3v) is 4.23. The maximum Gasteiger partial charge on any atom is 0.278 e. The lowest BCUT2D eigenvalue weighted by atomic mass is 10.1. The van der Waals surface area contributed by atoms with Crippen LogP contribution >= 0.6 is 11.6 Å². The summed E-state index contributed by atoms with van der Waals surface area (Å²) < 4.78 is 25.0. The first-order chi connectivity index (χ1) is 14.7. The average Bonchev–Trinajstić information content (AvgIpc) is 2.73. The minimum Gasteiger partial charge on any atom is -0.490 e. The van der Waals surface area contributed by atoms with Crippen LogP contribution in [0.5, 0.6) is 11.5 Å². The first kappa shape index (κ1) is 24.1. The number of rotatable bonds is 8. The fraction of sp³-hybridized carbons (Fsp3) is 0.286. The monoisotopic (exact) mass is 448 g/mol. The number of amides is 1. The molecule has 0 spiro atoms. The average molecular weight is 449 g/mol. The lowest BCUT2D eigenvalue weighted by molar-refractivity contribution is 0.100. The van der Waals surface area contributed by atoms with E-state index in [4.69, 9.17) is 37.6 Å². The van der Waals surface area contributed by atoms with E-state index in [0.29, 0.717) is 5.75 Å². The molecule has 164 valence electrons. The minimum atomic E-state index is -0.794. The highest BCUT2D eigenvalue weighted by atomic mass is 35.5. The van der Waals surface area contributed by atoms with Crippen molar-refractivity contribution >= 4 is 23.3 Å². The SMILES string of the molecule is CC(C)Oc1ccc(C(=O)N=C(N)c2cc(F)c(OCC(N)CO)cc2Cl)cc1C#N. The van der Waals surface area contributed by atoms with E-state index in [0.717, 1.165) is 6.07 Å². The first-order valence-electron chi connectivity index (χ1n) is 9.24. The zero-order valence-corrected chi connectivity index (χ0v) is 17.7. The molecule has 8 nitrogen and oxygen atoms in total. The second-order valence-electron chi connectivity index (χ2n) is 6.81. The number of benzene rings is 2. The van der Waals surface area contributed by atoms with Crippen LogP contribution in [-0.4, -0.2) is 42.2 Å². The third kappa shape index (κ3) is 6.39. The fourth-order valence-electron chi connectivity index (χ4n) is 2.43. The van der Waals surface area contributed by atoms with Crippen molar-refractivity contribution in [1.29, 1.82) is 5.26 Å². The number of amidine groups is 1. The van der Waals surface area contributed by atoms with Gasteiger partial charge in [0.2, 0.25) is 0 Å². The number of ether oxygens (including phenoxy) is 2. The Morgan fingerprint density at radius 1 is 1.32 bits per heavy atom. The van der Waals surface area contributed by atoms with Crippen molar-refractivity contribution < 1.29 is 23.8 Å². The summed E-state index contributed by atoms with van der Waals surface area (Å²) in [5, 5.41) is 18.2. The molecule has 0 aliphatic rings. The second kappa shape index (κ2) is 10.7. The molecule has 0 saturated heterocycles. The molecule has 0 saturated carbocycles. The lowest BCUT2D eigenvalue weighted by Gasteiger charge is -2.13. The number of carbonyl (C=O) groups excluding carboxylic acids is 1. The summed E-state index contributed by atoms with van der Waals surface area (Å²) in [5.74, 6) is -1.69. The number of nitriles is 1. The van der Waals surface area contributed by atoms with Crippen LogP contribution in [0.15, 0.2) is 35.3 Å². The number of hydrogen-bond donors (Lipinski definition) is 3. The van der Waals surface area contributed by atoms with Gasteiger partial charge in [-0.05, 0) is 38.1 Å². The van der Waals surface area contributed by atoms with Gasteiger partial charge in [-0.1, -0.05) is 11.6 Å². The predicted molar refractivity (Wildman–Crippen MR) is 114 cm³/mol. The lowest BCUT2D eigenvalue weighted by Crippen LogP contribution is -2.31. The molecule has 0 heterocycles. The molecule has 2 aromatic rings. The molecule has 2 aromatic carbocycles. The zero-order valence-electron chi connectivity index (χ0n) is 16.9. The summed E-state index contributed by atoms with van der Waals surface area (Å²) >= 11 is 6.13. The molecule has 10 heteroatoms. The van der Waals surface area contributed by atoms with Gasteiger partial charge in [-0.25, -0.2) is 4.39 Å². The number of aliphatic hydroxyl groups is 1. The van der Waals surface area contributed by atoms with Crippen LogP contribution in [0.4, 0.5) is 4.39 Å². The van der Waals surface area contributed by atoms with Crippen molar-refractivity contribution in [2.45, 2.75) is 26.0 Å². The molecule has 5 N–H and O–H groups in total. The van der Waals surface area contributed by atoms with E-state index in [1.165, 1.54) is 24.3 Å². The molecular weight excluding hydrogens is 427 g/mol. The summed E-state index contributed by atoms with van der Waals surface area (Å²) in [6, 6.07) is 7.71. The second-order valence-corrected chi connectivity index (χ2v) is 7.21. The van der Waals surface area contributed by atoms with E-state index >= 15 is 0 Å². The minimum absolute atomic E-state index is 0.00131. The number of aliphatic hydroxyl groups excluding tert-OH is 1. The molecular formula is C21H22ClFN4O4. The van der Waals surface area contributed by atoms with Crippen LogP contribution < -0.4 is 20.9 Å². The maximum atomic E-state index is 14.3. The normalized spacial score (nSPS) is 12.4. The quantitative estimate of drug-likeness (QED) is 0.415. The topological polar surface area (TPSA) is 144 Å². The van der Waals surface area contributed by atoms with Gasteiger partial charge in [-0.3, -0.25) is 4.79 Å². The van der Waals surface area contributed by atoms with Crippen molar-refractivity contribution in [1.82, 2.24) is 0 Å². The van der Waals surface area contributed by atoms with Crippen LogP contribution in [-0.2, 0) is 0 Å². The summed E-state index contributed by atoms with van der Waals surface area (Å²) in [6.07, 6.45) is -0.148. The van der Waals surface area contributed by atoms with Gasteiger partial charge in [0, 0.05) is 17.2 Å². The number of carbonyl (C=O) groups is 1. The van der Waals surface area contributed by atoms with Crippen LogP contribution in [0.2, 0.25) is 5.02 Å². The molecule has 0 radical (unpaired) electrons. The van der Waals surface area contributed by atoms with E-state index in [1.54, 1.807) is 0 Å². The van der Waals surface area contributed by atoms with E-state index < -0.39 is 17.8 Å². The van der Waals surface area contributed by atoms with Gasteiger partial charge < -0.3 is 26.0 Å². The third-order valence-electron chi connectivity index (χ3n) is 3.92. The molecule has 1 atom stereocenters. The molecule has 0 aliphatic heterocycles. The molecule has 31 heavy (non-hydrogen) atoms. The van der Waals surface area contributed by atoms with Crippen molar-refractivity contribution in [3.63, 3.8) is 0 Å². The Hall–Kier alpha value is -3.19. The first-order valence-corrected chi connectivity index (χ1v) is 9.62. The highest BCUT2D eigenvalue weighted by Gasteiger charge is 2.16. The summed E-state index contributed by atoms with van der Waals surface area (Å²) in [5.41, 5.74) is 11.6. The van der Waals surface area contributed by atoms with Crippen LogP contribution in [0, 0.1) is 17.1 Å². The molecule has 0 aromatic heterocycles. The molecule has 1 unspecified atom stereocenters. The van der Waals surface area contributed by atoms with Gasteiger partial charge in [0.1, 0.15) is 24.3 Å². The smallest absolute Gasteiger partial charge is 0.278 e. The Morgan fingerprint density at radius 2 is 2.03 bits per heavy atom. The van der Waals surface area contributed by atoms with Crippen LogP contribution in [0.3, 0.4) is 0 Å². The van der Waals surface area contributed by atoms with Crippen LogP contribution in [0.1, 0.15) is 35.3 Å². The van der Waals surface area contributed by atoms with E-state index in [-0.39, 0.29) is 52.6 Å². The molecule has 0 fully saturated rings. The van der Waals surface area contributed by atoms with Gasteiger partial charge in [0.05, 0.1) is 29.3 Å². The Labute approximate surface area is 183 Å². The van der Waals surface area contributed by atoms with Crippen molar-refractivity contribution in [3.8, 4) is 17.6 Å². The molecule has 1 amide bonds. The van der Waals surface area contributed by atoms with Gasteiger partial charge in [0.25, 0.3) is 5.91 Å². The van der Waals surface area contributed by atoms with Crippen molar-refractivity contribution in [3.05, 3.63) is 57.9 Å². The standard InChI is InChI=1S/C21H22ClFN4O4/c1-11(2)31-18-4-3-12(5-13(18)8-24)21(29)27-20(26)15-6-17(23)19(7-16(15)22)30-10-14(25)9-28/h3-7,11,14,28H,9-10,25H2,1-2H3,(H2,26,27,29). The van der Waals surface area contributed by atoms with E-state index in [9.17, 15) is 14.4 Å². The van der Waals surface area contributed by atoms with Gasteiger partial charge in [0.15, 0.2) is 11.6 Å². The van der Waals surface area contributed by atoms with E-state index in [2.05, 4.69) is 4.99 Å². The highest BCUT2D eigenvalue weighted by Crippen LogP contribution is 2.27. The largest absolute Gasteiger partial charge is 0.490 e. The maximum absolute atomic E-state index is 14.3. The number of aliphatic imine (C=N–C) groups is 1. The summed E-state index contributed by atoms with van der Waals surface area (Å²) in [4.78, 5) is 16.2. The summed E-state index contributed by atoms with van der Waals surface area (Å²) in [7, 11) is 0. The zero-order chi connectivity index (χ0) is 23.1. The van der Waals surface area contributed by atoms with Crippen molar-refractivity contribution in [2.24, 2.45) is 16.5 Å². The number of hydrogen-bond acceptors (Lipinski definition) is 6. The van der Waals surface area contributed by atoms with Crippen LogP contribution in [0.25, 0.3) is 0 Å². The number of nitrogens with zero attached hydrogens (tertiary/aromatic N) is 2. The Balaban J connectivity index is 2.27. The highest BCUT2D eigenvalue weighted by molar-refractivity contribution is 6.34. The number of halogens is 2. The van der Waals surface area contributed by atoms with Gasteiger partial charge in [-0.15, -0.1) is 0 Å². The van der Waals surface area contributed by atoms with Crippen molar-refractivity contribution in [2.75, 3.05) is 13.2 Å². The van der Waals surface area contributed by atoms with Gasteiger partial charge >= 0.3 is 0 Å². The Morgan fingerprint density at radius 3 is 2.65 bits per heavy atom. The Bertz CT molecular complexity index is 1040. The fourth-order valence-corrected chi connectivity index (χ4v) is 2.68. The Kier molecular flexibility index (Phi) is 8.33. The summed E-state index contributed by atoms with van der Waals surface area (Å²) in [6.45, 7) is 3.17. The molecule has 0 aliphatic carbocycles. The molecule has 2 rings (SSSR count). The molecule has 0 bridgehead atoms. The predicted octanol–water partition coefficient (Wildman–Crippen LogP) is 2.38. The van der Waals surface area contributed by atoms with E-state index in [1.807, 2.05) is 19.9 Å². The number of nitrogens with two attached hydrogens (primary N) is 2.